The second kappa shape index (κ2) is 10.8. The number of carbonyl (C=O) groups excluding carboxylic acids is 1. The second-order valence-corrected chi connectivity index (χ2v) is 11.3. The highest BCUT2D eigenvalue weighted by atomic mass is 32.1. The van der Waals surface area contributed by atoms with Crippen molar-refractivity contribution in [3.63, 3.8) is 0 Å². The fraction of sp³-hybridized carbons (Fsp3) is 0.276. The molecule has 0 saturated heterocycles. The molecule has 40 heavy (non-hydrogen) atoms. The smallest absolute Gasteiger partial charge is 0.306 e. The zero-order valence-electron chi connectivity index (χ0n) is 22.4. The van der Waals surface area contributed by atoms with Crippen molar-refractivity contribution in [3.05, 3.63) is 94.3 Å². The van der Waals surface area contributed by atoms with Crippen LogP contribution in [-0.2, 0) is 19.0 Å². The zero-order valence-corrected chi connectivity index (χ0v) is 23.2. The molecule has 2 aromatic carbocycles. The lowest BCUT2D eigenvalue weighted by atomic mass is 9.99. The van der Waals surface area contributed by atoms with Crippen molar-refractivity contribution in [1.82, 2.24) is 29.5 Å². The second-order valence-electron chi connectivity index (χ2n) is 10.2. The maximum Gasteiger partial charge on any atom is 0.416 e. The predicted octanol–water partition coefficient (Wildman–Crippen LogP) is 6.84. The molecule has 0 aliphatic heterocycles. The van der Waals surface area contributed by atoms with Gasteiger partial charge in [-0.25, -0.2) is 14.6 Å². The molecule has 206 valence electrons. The van der Waals surface area contributed by atoms with Gasteiger partial charge in [-0.1, -0.05) is 31.2 Å². The van der Waals surface area contributed by atoms with Crippen molar-refractivity contribution >= 4 is 17.1 Å². The largest absolute Gasteiger partial charge is 0.416 e. The summed E-state index contributed by atoms with van der Waals surface area (Å²) in [5, 5.41) is 9.63. The van der Waals surface area contributed by atoms with Crippen molar-refractivity contribution in [3.8, 4) is 21.9 Å². The van der Waals surface area contributed by atoms with E-state index in [2.05, 4.69) is 34.1 Å². The highest BCUT2D eigenvalue weighted by Gasteiger charge is 2.32. The molecule has 0 radical (unpaired) electrons. The van der Waals surface area contributed by atoms with E-state index in [0.717, 1.165) is 39.7 Å². The highest BCUT2D eigenvalue weighted by Crippen LogP contribution is 2.32. The molecular formula is C29H27F3N6OS. The Hall–Kier alpha value is -4.12. The number of aryl methyl sites for hydroxylation is 2. The fourth-order valence-electron chi connectivity index (χ4n) is 4.31. The lowest BCUT2D eigenvalue weighted by molar-refractivity contribution is -0.137. The number of imidazole rings is 1. The lowest BCUT2D eigenvalue weighted by Crippen LogP contribution is -2.11. The quantitative estimate of drug-likeness (QED) is 0.193. The van der Waals surface area contributed by atoms with Crippen LogP contribution in [0.4, 0.5) is 13.2 Å². The van der Waals surface area contributed by atoms with E-state index in [9.17, 15) is 18.0 Å². The number of rotatable bonds is 8. The van der Waals surface area contributed by atoms with Crippen molar-refractivity contribution in [2.45, 2.75) is 46.7 Å². The van der Waals surface area contributed by atoms with Crippen molar-refractivity contribution in [2.24, 2.45) is 5.92 Å². The Labute approximate surface area is 233 Å². The molecule has 0 fully saturated rings. The van der Waals surface area contributed by atoms with Gasteiger partial charge in [0.05, 0.1) is 39.4 Å². The third kappa shape index (κ3) is 6.04. The summed E-state index contributed by atoms with van der Waals surface area (Å²) in [5.74, 6) is 0.0704. The van der Waals surface area contributed by atoms with Gasteiger partial charge < -0.3 is 4.57 Å². The van der Waals surface area contributed by atoms with Gasteiger partial charge >= 0.3 is 6.18 Å². The van der Waals surface area contributed by atoms with Gasteiger partial charge in [-0.15, -0.1) is 16.4 Å². The molecule has 3 heterocycles. The first-order valence-corrected chi connectivity index (χ1v) is 13.5. The van der Waals surface area contributed by atoms with E-state index in [-0.39, 0.29) is 17.7 Å². The number of aromatic nitrogens is 6. The molecule has 0 N–H and O–H groups in total. The number of Topliss-reactive ketones (excluding diaryl/α,β-unsaturated/α-hetero) is 1. The van der Waals surface area contributed by atoms with Crippen LogP contribution in [0.5, 0.6) is 0 Å². The van der Waals surface area contributed by atoms with Crippen LogP contribution in [0.1, 0.15) is 51.6 Å². The maximum absolute atomic E-state index is 13.7. The molecule has 11 heteroatoms. The monoisotopic (exact) mass is 564 g/mol. The molecule has 0 saturated carbocycles. The molecule has 0 atom stereocenters. The summed E-state index contributed by atoms with van der Waals surface area (Å²) in [7, 11) is 0. The van der Waals surface area contributed by atoms with Crippen LogP contribution in [0, 0.1) is 19.8 Å². The van der Waals surface area contributed by atoms with Gasteiger partial charge in [0.2, 0.25) is 0 Å². The number of carbonyl (C=O) groups is 1. The number of halogens is 3. The molecule has 3 aromatic heterocycles. The van der Waals surface area contributed by atoms with E-state index in [0.29, 0.717) is 22.9 Å². The molecule has 0 spiro atoms. The Morgan fingerprint density at radius 1 is 1.05 bits per heavy atom. The van der Waals surface area contributed by atoms with Gasteiger partial charge in [0, 0.05) is 36.5 Å². The molecule has 5 aromatic rings. The Morgan fingerprint density at radius 2 is 1.85 bits per heavy atom. The molecule has 7 nitrogen and oxygen atoms in total. The molecule has 0 unspecified atom stereocenters. The highest BCUT2D eigenvalue weighted by molar-refractivity contribution is 7.15. The average molecular weight is 565 g/mol. The van der Waals surface area contributed by atoms with E-state index in [4.69, 9.17) is 0 Å². The molecule has 0 aliphatic rings. The van der Waals surface area contributed by atoms with E-state index >= 15 is 0 Å². The number of nitrogens with zero attached hydrogens (tertiary/aromatic N) is 6. The first kappa shape index (κ1) is 27.4. The average Bonchev–Trinajstić information content (AvgIpc) is 3.65. The van der Waals surface area contributed by atoms with E-state index < -0.39 is 17.5 Å². The SMILES string of the molecule is Cc1cn(-c2cc(C(=O)Cc3ccc(C)c(-n4cc(-c5cnc(CC(C)C)s5)nn4)c3)cc(C(F)(F)F)c2)cn1. The fourth-order valence-corrected chi connectivity index (χ4v) is 5.39. The number of alkyl halides is 3. The van der Waals surface area contributed by atoms with E-state index in [1.165, 1.54) is 17.0 Å². The van der Waals surface area contributed by atoms with Crippen LogP contribution in [0.15, 0.2) is 61.3 Å². The molecule has 0 bridgehead atoms. The van der Waals surface area contributed by atoms with Crippen molar-refractivity contribution < 1.29 is 18.0 Å². The van der Waals surface area contributed by atoms with Crippen LogP contribution < -0.4 is 0 Å². The zero-order chi connectivity index (χ0) is 28.6. The molecule has 0 amide bonds. The van der Waals surface area contributed by atoms with Gasteiger partial charge in [0.25, 0.3) is 0 Å². The van der Waals surface area contributed by atoms with Crippen LogP contribution in [0.3, 0.4) is 0 Å². The van der Waals surface area contributed by atoms with Gasteiger partial charge in [0.1, 0.15) is 5.69 Å². The number of thiazole rings is 1. The Balaban J connectivity index is 1.41. The van der Waals surface area contributed by atoms with Crippen LogP contribution in [0.25, 0.3) is 21.9 Å². The third-order valence-electron chi connectivity index (χ3n) is 6.34. The van der Waals surface area contributed by atoms with Gasteiger partial charge in [0.15, 0.2) is 5.78 Å². The number of hydrogen-bond acceptors (Lipinski definition) is 6. The Morgan fingerprint density at radius 3 is 2.55 bits per heavy atom. The van der Waals surface area contributed by atoms with E-state index in [1.54, 1.807) is 41.4 Å². The van der Waals surface area contributed by atoms with Crippen molar-refractivity contribution in [2.75, 3.05) is 0 Å². The summed E-state index contributed by atoms with van der Waals surface area (Å²) < 4.78 is 44.1. The standard InChI is InChI=1S/C29H27F3N6OS/c1-17(2)7-28-33-13-27(40-28)24-15-38(36-35-24)25-8-20(6-5-18(25)3)9-26(39)21-10-22(29(30,31)32)12-23(11-21)37-14-19(4)34-16-37/h5-6,8,10-17H,7,9H2,1-4H3. The first-order chi connectivity index (χ1) is 19.0. The van der Waals surface area contributed by atoms with Gasteiger partial charge in [-0.05, 0) is 55.2 Å². The van der Waals surface area contributed by atoms with Crippen LogP contribution >= 0.6 is 11.3 Å². The predicted molar refractivity (Wildman–Crippen MR) is 147 cm³/mol. The minimum absolute atomic E-state index is 0.0243. The normalized spacial score (nSPS) is 11.9. The summed E-state index contributed by atoms with van der Waals surface area (Å²) in [6.07, 6.45) is 2.86. The minimum atomic E-state index is -4.60. The molecule has 5 rings (SSSR count). The summed E-state index contributed by atoms with van der Waals surface area (Å²) in [5.41, 5.74) is 2.95. The van der Waals surface area contributed by atoms with Crippen LogP contribution in [0.2, 0.25) is 0 Å². The third-order valence-corrected chi connectivity index (χ3v) is 7.39. The first-order valence-electron chi connectivity index (χ1n) is 12.7. The summed E-state index contributed by atoms with van der Waals surface area (Å²) >= 11 is 1.58. The maximum atomic E-state index is 13.7. The number of benzene rings is 2. The van der Waals surface area contributed by atoms with Gasteiger partial charge in [-0.3, -0.25) is 4.79 Å². The minimum Gasteiger partial charge on any atom is -0.306 e. The molecule has 0 aliphatic carbocycles. The van der Waals surface area contributed by atoms with Crippen molar-refractivity contribution in [1.29, 1.82) is 0 Å². The summed E-state index contributed by atoms with van der Waals surface area (Å²) in [6, 6.07) is 8.84. The summed E-state index contributed by atoms with van der Waals surface area (Å²) in [4.78, 5) is 22.7. The topological polar surface area (TPSA) is 78.5 Å². The lowest BCUT2D eigenvalue weighted by Gasteiger charge is -2.13. The number of ketones is 1. The Kier molecular flexibility index (Phi) is 7.41. The molecular weight excluding hydrogens is 537 g/mol. The number of hydrogen-bond donors (Lipinski definition) is 0. The van der Waals surface area contributed by atoms with Crippen LogP contribution in [-0.4, -0.2) is 35.3 Å². The summed E-state index contributed by atoms with van der Waals surface area (Å²) in [6.45, 7) is 7.95. The van der Waals surface area contributed by atoms with E-state index in [1.807, 2.05) is 25.3 Å². The Bertz CT molecular complexity index is 1680. The van der Waals surface area contributed by atoms with Gasteiger partial charge in [-0.2, -0.15) is 13.2 Å².